The molecule has 0 saturated carbocycles. The zero-order valence-corrected chi connectivity index (χ0v) is 15.5. The summed E-state index contributed by atoms with van der Waals surface area (Å²) >= 11 is 0. The number of aryl methyl sites for hydroxylation is 1. The number of carboxylic acids is 1. The molecule has 2 aromatic rings. The number of carboxylic acid groups (broad SMARTS) is 1. The van der Waals surface area contributed by atoms with Gasteiger partial charge in [0, 0.05) is 18.2 Å². The Morgan fingerprint density at radius 2 is 1.81 bits per heavy atom. The Morgan fingerprint density at radius 3 is 2.48 bits per heavy atom. The Labute approximate surface area is 157 Å². The number of carbonyl (C=O) groups excluding carboxylic acids is 1. The molecule has 140 valence electrons. The average Bonchev–Trinajstić information content (AvgIpc) is 3.05. The molecule has 0 radical (unpaired) electrons. The summed E-state index contributed by atoms with van der Waals surface area (Å²) in [5, 5.41) is 12.1. The van der Waals surface area contributed by atoms with Crippen LogP contribution in [0.25, 0.3) is 5.57 Å². The Balaban J connectivity index is 1.91. The second-order valence-corrected chi connectivity index (χ2v) is 6.32. The monoisotopic (exact) mass is 367 g/mol. The molecule has 0 unspecified atom stereocenters. The van der Waals surface area contributed by atoms with Crippen LogP contribution in [0.15, 0.2) is 36.4 Å². The number of methoxy groups -OCH3 is 2. The van der Waals surface area contributed by atoms with E-state index in [1.54, 1.807) is 0 Å². The van der Waals surface area contributed by atoms with Gasteiger partial charge in [-0.05, 0) is 42.0 Å². The number of aromatic carboxylic acids is 1. The summed E-state index contributed by atoms with van der Waals surface area (Å²) in [7, 11) is 2.87. The number of anilines is 1. The van der Waals surface area contributed by atoms with E-state index in [4.69, 9.17) is 9.47 Å². The van der Waals surface area contributed by atoms with E-state index in [1.807, 2.05) is 12.1 Å². The van der Waals surface area contributed by atoms with Crippen molar-refractivity contribution in [2.24, 2.45) is 0 Å². The van der Waals surface area contributed by atoms with Gasteiger partial charge in [-0.25, -0.2) is 4.79 Å². The van der Waals surface area contributed by atoms with Gasteiger partial charge < -0.3 is 19.9 Å². The van der Waals surface area contributed by atoms with E-state index in [9.17, 15) is 14.7 Å². The lowest BCUT2D eigenvalue weighted by Crippen LogP contribution is -2.13. The van der Waals surface area contributed by atoms with E-state index < -0.39 is 5.97 Å². The van der Waals surface area contributed by atoms with Gasteiger partial charge in [0.1, 0.15) is 0 Å². The van der Waals surface area contributed by atoms with Crippen molar-refractivity contribution in [2.75, 3.05) is 19.5 Å². The van der Waals surface area contributed by atoms with Gasteiger partial charge in [-0.1, -0.05) is 18.2 Å². The molecule has 6 heteroatoms. The van der Waals surface area contributed by atoms with Crippen LogP contribution >= 0.6 is 0 Å². The zero-order chi connectivity index (χ0) is 19.6. The van der Waals surface area contributed by atoms with Gasteiger partial charge in [-0.2, -0.15) is 0 Å². The minimum atomic E-state index is -1.17. The maximum atomic E-state index is 12.5. The molecule has 0 atom stereocenters. The maximum absolute atomic E-state index is 12.5. The highest BCUT2D eigenvalue weighted by atomic mass is 16.5. The first-order valence-corrected chi connectivity index (χ1v) is 8.54. The minimum Gasteiger partial charge on any atom is -0.493 e. The van der Waals surface area contributed by atoms with Crippen molar-refractivity contribution in [2.45, 2.75) is 19.8 Å². The predicted octanol–water partition coefficient (Wildman–Crippen LogP) is 3.68. The van der Waals surface area contributed by atoms with Crippen molar-refractivity contribution < 1.29 is 24.2 Å². The summed E-state index contributed by atoms with van der Waals surface area (Å²) in [6.45, 7) is 2.06. The van der Waals surface area contributed by atoms with Gasteiger partial charge in [0.25, 0.3) is 0 Å². The molecule has 3 rings (SSSR count). The fourth-order valence-corrected chi connectivity index (χ4v) is 3.37. The Morgan fingerprint density at radius 1 is 1.11 bits per heavy atom. The molecule has 2 aromatic carbocycles. The van der Waals surface area contributed by atoms with Crippen molar-refractivity contribution in [1.82, 2.24) is 0 Å². The third kappa shape index (κ3) is 3.65. The molecule has 0 aliphatic heterocycles. The number of carbonyl (C=O) groups is 2. The Bertz CT molecular complexity index is 946. The second-order valence-electron chi connectivity index (χ2n) is 6.32. The van der Waals surface area contributed by atoms with Crippen molar-refractivity contribution in [1.29, 1.82) is 0 Å². The van der Waals surface area contributed by atoms with E-state index in [0.29, 0.717) is 5.75 Å². The summed E-state index contributed by atoms with van der Waals surface area (Å²) in [4.78, 5) is 24.1. The van der Waals surface area contributed by atoms with Crippen molar-refractivity contribution in [3.63, 3.8) is 0 Å². The number of fused-ring (bicyclic) bond motifs is 1. The summed E-state index contributed by atoms with van der Waals surface area (Å²) in [5.41, 5.74) is 4.59. The van der Waals surface area contributed by atoms with Crippen LogP contribution in [0.5, 0.6) is 11.5 Å². The molecule has 2 N–H and O–H groups in total. The van der Waals surface area contributed by atoms with Gasteiger partial charge in [-0.15, -0.1) is 0 Å². The lowest BCUT2D eigenvalue weighted by molar-refractivity contribution is -0.111. The quantitative estimate of drug-likeness (QED) is 0.788. The fraction of sp³-hybridized carbons (Fsp3) is 0.238. The smallest absolute Gasteiger partial charge is 0.337 e. The number of hydrogen-bond acceptors (Lipinski definition) is 4. The third-order valence-electron chi connectivity index (χ3n) is 4.72. The van der Waals surface area contributed by atoms with Gasteiger partial charge in [0.05, 0.1) is 25.5 Å². The molecule has 0 heterocycles. The Kier molecular flexibility index (Phi) is 5.16. The van der Waals surface area contributed by atoms with Gasteiger partial charge in [0.15, 0.2) is 11.5 Å². The van der Waals surface area contributed by atoms with E-state index in [1.165, 1.54) is 43.6 Å². The number of ether oxygens (including phenoxy) is 2. The van der Waals surface area contributed by atoms with Crippen molar-refractivity contribution in [3.8, 4) is 11.5 Å². The molecule has 0 aromatic heterocycles. The van der Waals surface area contributed by atoms with Crippen LogP contribution < -0.4 is 14.8 Å². The number of nitrogens with one attached hydrogen (secondary N) is 1. The molecule has 27 heavy (non-hydrogen) atoms. The van der Waals surface area contributed by atoms with E-state index in [-0.39, 0.29) is 22.9 Å². The molecule has 1 aliphatic carbocycles. The summed E-state index contributed by atoms with van der Waals surface area (Å²) in [6, 6.07) is 8.82. The number of benzene rings is 2. The molecule has 0 saturated heterocycles. The average molecular weight is 367 g/mol. The molecule has 6 nitrogen and oxygen atoms in total. The lowest BCUT2D eigenvalue weighted by Gasteiger charge is -2.13. The van der Waals surface area contributed by atoms with Crippen LogP contribution in [0.2, 0.25) is 0 Å². The van der Waals surface area contributed by atoms with Crippen LogP contribution in [-0.4, -0.2) is 31.2 Å². The minimum absolute atomic E-state index is 0.0675. The van der Waals surface area contributed by atoms with Crippen LogP contribution in [0.4, 0.5) is 5.69 Å². The molecular weight excluding hydrogens is 346 g/mol. The van der Waals surface area contributed by atoms with E-state index in [2.05, 4.69) is 18.3 Å². The highest BCUT2D eigenvalue weighted by Crippen LogP contribution is 2.35. The number of amides is 1. The summed E-state index contributed by atoms with van der Waals surface area (Å²) in [6.07, 6.45) is 3.22. The normalized spacial score (nSPS) is 14.0. The highest BCUT2D eigenvalue weighted by molar-refractivity contribution is 6.08. The summed E-state index contributed by atoms with van der Waals surface area (Å²) < 4.78 is 10.3. The van der Waals surface area contributed by atoms with Crippen LogP contribution in [0.3, 0.4) is 0 Å². The first kappa shape index (κ1) is 18.5. The topological polar surface area (TPSA) is 84.9 Å². The van der Waals surface area contributed by atoms with Crippen LogP contribution in [-0.2, 0) is 11.2 Å². The van der Waals surface area contributed by atoms with Crippen LogP contribution in [0.1, 0.15) is 33.5 Å². The van der Waals surface area contributed by atoms with E-state index >= 15 is 0 Å². The maximum Gasteiger partial charge on any atom is 0.337 e. The number of rotatable bonds is 5. The van der Waals surface area contributed by atoms with E-state index in [0.717, 1.165) is 24.0 Å². The third-order valence-corrected chi connectivity index (χ3v) is 4.72. The second kappa shape index (κ2) is 7.53. The first-order valence-electron chi connectivity index (χ1n) is 8.54. The summed E-state index contributed by atoms with van der Waals surface area (Å²) in [5.74, 6) is -0.923. The van der Waals surface area contributed by atoms with Gasteiger partial charge in [-0.3, -0.25) is 4.79 Å². The SMILES string of the molecule is COc1cc(NC(=O)C=C2CCc3c(C)cccc32)c(C(=O)O)cc1OC. The zero-order valence-electron chi connectivity index (χ0n) is 15.5. The van der Waals surface area contributed by atoms with Crippen molar-refractivity contribution in [3.05, 3.63) is 58.7 Å². The van der Waals surface area contributed by atoms with Crippen LogP contribution in [0, 0.1) is 6.92 Å². The first-order chi connectivity index (χ1) is 12.9. The molecule has 0 bridgehead atoms. The van der Waals surface area contributed by atoms with Gasteiger partial charge >= 0.3 is 5.97 Å². The predicted molar refractivity (Wildman–Crippen MR) is 103 cm³/mol. The largest absolute Gasteiger partial charge is 0.493 e. The molecular formula is C21H21NO5. The van der Waals surface area contributed by atoms with Gasteiger partial charge in [0.2, 0.25) is 5.91 Å². The molecule has 0 spiro atoms. The lowest BCUT2D eigenvalue weighted by atomic mass is 10.0. The molecule has 1 aliphatic rings. The molecule has 1 amide bonds. The standard InChI is InChI=1S/C21H21NO5/c1-12-5-4-6-15-13(7-8-14(12)15)9-20(23)22-17-11-19(27-3)18(26-2)10-16(17)21(24)25/h4-6,9-11H,7-8H2,1-3H3,(H,22,23)(H,24,25). The highest BCUT2D eigenvalue weighted by Gasteiger charge is 2.20. The Hall–Kier alpha value is -3.28. The van der Waals surface area contributed by atoms with Crippen molar-refractivity contribution >= 4 is 23.1 Å². The fourth-order valence-electron chi connectivity index (χ4n) is 3.37. The number of allylic oxidation sites excluding steroid dienone is 1. The number of hydrogen-bond donors (Lipinski definition) is 2. The molecule has 0 fully saturated rings.